The van der Waals surface area contributed by atoms with Gasteiger partial charge in [-0.15, -0.1) is 0 Å². The summed E-state index contributed by atoms with van der Waals surface area (Å²) in [5.74, 6) is 0.687. The van der Waals surface area contributed by atoms with Crippen LogP contribution in [0.25, 0.3) is 0 Å². The van der Waals surface area contributed by atoms with Crippen LogP contribution < -0.4 is 25.5 Å². The van der Waals surface area contributed by atoms with Crippen LogP contribution >= 0.6 is 0 Å². The predicted octanol–water partition coefficient (Wildman–Crippen LogP) is 2.37. The van der Waals surface area contributed by atoms with Crippen LogP contribution in [-0.2, 0) is 4.79 Å². The molecule has 0 fully saturated rings. The molecular weight excluding hydrogens is 348 g/mol. The zero-order chi connectivity index (χ0) is 19.5. The molecule has 0 heterocycles. The van der Waals surface area contributed by atoms with Crippen LogP contribution in [0.5, 0.6) is 11.5 Å². The number of ether oxygens (including phenoxy) is 2. The van der Waals surface area contributed by atoms with Gasteiger partial charge < -0.3 is 20.1 Å². The minimum Gasteiger partial charge on any atom is -0.493 e. The van der Waals surface area contributed by atoms with Crippen molar-refractivity contribution in [1.29, 1.82) is 0 Å². The molecule has 0 saturated heterocycles. The van der Waals surface area contributed by atoms with E-state index < -0.39 is 6.03 Å². The number of hydrogen-bond donors (Lipinski definition) is 3. The van der Waals surface area contributed by atoms with Crippen molar-refractivity contribution in [2.24, 2.45) is 5.10 Å². The summed E-state index contributed by atoms with van der Waals surface area (Å²) < 4.78 is 10.7. The number of carbonyl (C=O) groups excluding carboxylic acids is 2. The molecular formula is C19H22N4O4. The van der Waals surface area contributed by atoms with Crippen molar-refractivity contribution in [2.75, 3.05) is 25.6 Å². The molecule has 142 valence electrons. The van der Waals surface area contributed by atoms with Crippen LogP contribution in [0, 0.1) is 0 Å². The lowest BCUT2D eigenvalue weighted by Gasteiger charge is -2.11. The highest BCUT2D eigenvalue weighted by molar-refractivity contribution is 5.90. The third-order valence-corrected chi connectivity index (χ3v) is 3.33. The number of likely N-dealkylation sites (N-methyl/N-ethyl adjacent to an activating group) is 1. The Hall–Kier alpha value is -3.55. The number of nitrogens with zero attached hydrogens (tertiary/aromatic N) is 1. The van der Waals surface area contributed by atoms with Gasteiger partial charge in [-0.2, -0.15) is 5.10 Å². The fraction of sp³-hybridized carbons (Fsp3) is 0.211. The first-order valence-electron chi connectivity index (χ1n) is 8.35. The molecule has 0 saturated carbocycles. The largest absolute Gasteiger partial charge is 0.493 e. The van der Waals surface area contributed by atoms with Gasteiger partial charge in [0.25, 0.3) is 5.91 Å². The van der Waals surface area contributed by atoms with Gasteiger partial charge in [0.2, 0.25) is 0 Å². The van der Waals surface area contributed by atoms with E-state index in [1.165, 1.54) is 13.3 Å². The van der Waals surface area contributed by atoms with E-state index in [0.29, 0.717) is 29.3 Å². The van der Waals surface area contributed by atoms with E-state index in [1.54, 1.807) is 30.3 Å². The maximum Gasteiger partial charge on any atom is 0.339 e. The summed E-state index contributed by atoms with van der Waals surface area (Å²) in [5, 5.41) is 9.19. The quantitative estimate of drug-likeness (QED) is 0.490. The Kier molecular flexibility index (Phi) is 7.65. The van der Waals surface area contributed by atoms with Gasteiger partial charge >= 0.3 is 6.03 Å². The van der Waals surface area contributed by atoms with Gasteiger partial charge in [0, 0.05) is 12.2 Å². The van der Waals surface area contributed by atoms with Crippen LogP contribution in [0.15, 0.2) is 53.6 Å². The number of anilines is 1. The fourth-order valence-electron chi connectivity index (χ4n) is 2.12. The average Bonchev–Trinajstić information content (AvgIpc) is 2.67. The number of hydrogen-bond acceptors (Lipinski definition) is 5. The molecule has 27 heavy (non-hydrogen) atoms. The van der Waals surface area contributed by atoms with Gasteiger partial charge in [-0.1, -0.05) is 18.2 Å². The van der Waals surface area contributed by atoms with Gasteiger partial charge in [-0.25, -0.2) is 10.2 Å². The van der Waals surface area contributed by atoms with Crippen LogP contribution in [0.1, 0.15) is 12.5 Å². The third kappa shape index (κ3) is 6.69. The lowest BCUT2D eigenvalue weighted by Crippen LogP contribution is -2.28. The van der Waals surface area contributed by atoms with E-state index in [9.17, 15) is 9.59 Å². The highest BCUT2D eigenvalue weighted by Crippen LogP contribution is 2.27. The Labute approximate surface area is 157 Å². The molecule has 0 aliphatic heterocycles. The van der Waals surface area contributed by atoms with Crippen molar-refractivity contribution < 1.29 is 19.1 Å². The summed E-state index contributed by atoms with van der Waals surface area (Å²) in [6.45, 7) is 2.28. The molecule has 3 N–H and O–H groups in total. The number of benzene rings is 2. The Morgan fingerprint density at radius 1 is 1.11 bits per heavy atom. The van der Waals surface area contributed by atoms with Crippen molar-refractivity contribution in [3.8, 4) is 11.5 Å². The molecule has 8 nitrogen and oxygen atoms in total. The Balaban J connectivity index is 1.91. The van der Waals surface area contributed by atoms with Crippen molar-refractivity contribution in [2.45, 2.75) is 6.92 Å². The molecule has 0 bridgehead atoms. The molecule has 8 heteroatoms. The number of urea groups is 1. The molecule has 0 spiro atoms. The third-order valence-electron chi connectivity index (χ3n) is 3.33. The molecule has 0 unspecified atom stereocenters. The summed E-state index contributed by atoms with van der Waals surface area (Å²) in [6.07, 6.45) is 1.47. The number of amides is 3. The summed E-state index contributed by atoms with van der Waals surface area (Å²) in [4.78, 5) is 23.2. The van der Waals surface area contributed by atoms with E-state index >= 15 is 0 Å². The Morgan fingerprint density at radius 2 is 1.89 bits per heavy atom. The number of nitrogens with one attached hydrogen (secondary N) is 3. The van der Waals surface area contributed by atoms with Crippen molar-refractivity contribution >= 4 is 23.8 Å². The van der Waals surface area contributed by atoms with Crippen LogP contribution in [-0.4, -0.2) is 38.4 Å². The minimum absolute atomic E-state index is 0.0984. The van der Waals surface area contributed by atoms with Gasteiger partial charge in [-0.05, 0) is 42.8 Å². The van der Waals surface area contributed by atoms with Gasteiger partial charge in [0.15, 0.2) is 18.1 Å². The summed E-state index contributed by atoms with van der Waals surface area (Å²) in [5.41, 5.74) is 3.74. The first kappa shape index (κ1) is 19.8. The van der Waals surface area contributed by atoms with Gasteiger partial charge in [-0.3, -0.25) is 4.79 Å². The molecule has 3 amide bonds. The molecule has 2 rings (SSSR count). The minimum atomic E-state index is -0.452. The summed E-state index contributed by atoms with van der Waals surface area (Å²) in [7, 11) is 1.50. The summed E-state index contributed by atoms with van der Waals surface area (Å²) >= 11 is 0. The fourth-order valence-corrected chi connectivity index (χ4v) is 2.12. The zero-order valence-electron chi connectivity index (χ0n) is 15.2. The highest BCUT2D eigenvalue weighted by atomic mass is 16.5. The van der Waals surface area contributed by atoms with Crippen LogP contribution in [0.2, 0.25) is 0 Å². The number of para-hydroxylation sites is 1. The maximum absolute atomic E-state index is 11.8. The first-order chi connectivity index (χ1) is 13.1. The molecule has 0 aliphatic rings. The zero-order valence-corrected chi connectivity index (χ0v) is 15.2. The van der Waals surface area contributed by atoms with Crippen LogP contribution in [0.4, 0.5) is 10.5 Å². The summed E-state index contributed by atoms with van der Waals surface area (Å²) in [6, 6.07) is 13.7. The molecule has 2 aromatic rings. The molecule has 0 aromatic heterocycles. The average molecular weight is 370 g/mol. The number of carbonyl (C=O) groups is 2. The van der Waals surface area contributed by atoms with Crippen molar-refractivity contribution in [1.82, 2.24) is 10.7 Å². The normalized spacial score (nSPS) is 10.3. The first-order valence-corrected chi connectivity index (χ1v) is 8.35. The monoisotopic (exact) mass is 370 g/mol. The Bertz CT molecular complexity index is 794. The van der Waals surface area contributed by atoms with Gasteiger partial charge in [0.1, 0.15) is 0 Å². The second kappa shape index (κ2) is 10.4. The number of methoxy groups -OCH3 is 1. The predicted molar refractivity (Wildman–Crippen MR) is 103 cm³/mol. The maximum atomic E-state index is 11.8. The SMILES string of the molecule is CCNC(=O)COc1ccc(/C=N\NC(=O)Nc2ccccc2)cc1OC. The number of hydrazone groups is 1. The molecule has 0 radical (unpaired) electrons. The topological polar surface area (TPSA) is 101 Å². The standard InChI is InChI=1S/C19H22N4O4/c1-3-20-18(24)13-27-16-10-9-14(11-17(16)26-2)12-21-23-19(25)22-15-7-5-4-6-8-15/h4-12H,3,13H2,1-2H3,(H,20,24)(H2,22,23,25)/b21-12-. The van der Waals surface area contributed by atoms with Crippen molar-refractivity contribution in [3.63, 3.8) is 0 Å². The lowest BCUT2D eigenvalue weighted by molar-refractivity contribution is -0.123. The molecule has 2 aromatic carbocycles. The smallest absolute Gasteiger partial charge is 0.339 e. The van der Waals surface area contributed by atoms with E-state index in [0.717, 1.165) is 0 Å². The second-order valence-electron chi connectivity index (χ2n) is 5.34. The van der Waals surface area contributed by atoms with E-state index in [-0.39, 0.29) is 12.5 Å². The molecule has 0 aliphatic carbocycles. The number of rotatable bonds is 8. The second-order valence-corrected chi connectivity index (χ2v) is 5.34. The van der Waals surface area contributed by atoms with Crippen LogP contribution in [0.3, 0.4) is 0 Å². The van der Waals surface area contributed by atoms with E-state index in [1.807, 2.05) is 25.1 Å². The Morgan fingerprint density at radius 3 is 2.59 bits per heavy atom. The van der Waals surface area contributed by atoms with E-state index in [2.05, 4.69) is 21.2 Å². The lowest BCUT2D eigenvalue weighted by atomic mass is 10.2. The molecule has 0 atom stereocenters. The van der Waals surface area contributed by atoms with Crippen molar-refractivity contribution in [3.05, 3.63) is 54.1 Å². The highest BCUT2D eigenvalue weighted by Gasteiger charge is 2.08. The van der Waals surface area contributed by atoms with E-state index in [4.69, 9.17) is 9.47 Å². The van der Waals surface area contributed by atoms with Gasteiger partial charge in [0.05, 0.1) is 13.3 Å².